The van der Waals surface area contributed by atoms with E-state index in [0.717, 1.165) is 11.3 Å². The quantitative estimate of drug-likeness (QED) is 0.889. The van der Waals surface area contributed by atoms with Gasteiger partial charge in [0.05, 0.1) is 24.7 Å². The fourth-order valence-corrected chi connectivity index (χ4v) is 4.51. The van der Waals surface area contributed by atoms with E-state index in [-0.39, 0.29) is 29.6 Å². The monoisotopic (exact) mass is 340 g/mol. The molecule has 23 heavy (non-hydrogen) atoms. The van der Waals surface area contributed by atoms with Crippen LogP contribution in [0.15, 0.2) is 24.3 Å². The first-order valence-corrected chi connectivity index (χ1v) is 9.60. The number of methoxy groups -OCH3 is 1. The molecule has 1 aliphatic rings. The summed E-state index contributed by atoms with van der Waals surface area (Å²) in [7, 11) is -1.40. The molecular formula is C16H24N2O4S. The lowest BCUT2D eigenvalue weighted by atomic mass is 10.1. The van der Waals surface area contributed by atoms with E-state index in [9.17, 15) is 13.2 Å². The summed E-state index contributed by atoms with van der Waals surface area (Å²) in [5, 5.41) is 2.84. The average Bonchev–Trinajstić information content (AvgIpc) is 2.86. The minimum atomic E-state index is -3.00. The van der Waals surface area contributed by atoms with Crippen molar-refractivity contribution in [3.05, 3.63) is 29.8 Å². The number of amides is 2. The Morgan fingerprint density at radius 2 is 2.22 bits per heavy atom. The largest absolute Gasteiger partial charge is 0.497 e. The van der Waals surface area contributed by atoms with E-state index in [1.165, 1.54) is 0 Å². The van der Waals surface area contributed by atoms with Crippen LogP contribution in [-0.4, -0.2) is 50.6 Å². The van der Waals surface area contributed by atoms with Crippen molar-refractivity contribution in [2.24, 2.45) is 0 Å². The van der Waals surface area contributed by atoms with Gasteiger partial charge in [-0.2, -0.15) is 0 Å². The predicted molar refractivity (Wildman–Crippen MR) is 89.4 cm³/mol. The summed E-state index contributed by atoms with van der Waals surface area (Å²) in [6.07, 6.45) is 0.485. The minimum Gasteiger partial charge on any atom is -0.497 e. The summed E-state index contributed by atoms with van der Waals surface area (Å²) in [6, 6.07) is 6.94. The smallest absolute Gasteiger partial charge is 0.318 e. The van der Waals surface area contributed by atoms with Crippen LogP contribution in [0, 0.1) is 0 Å². The highest BCUT2D eigenvalue weighted by molar-refractivity contribution is 7.91. The first kappa shape index (κ1) is 17.6. The van der Waals surface area contributed by atoms with Crippen molar-refractivity contribution in [2.45, 2.75) is 32.4 Å². The van der Waals surface area contributed by atoms with E-state index in [0.29, 0.717) is 13.0 Å². The average molecular weight is 340 g/mol. The van der Waals surface area contributed by atoms with Crippen LogP contribution in [0.2, 0.25) is 0 Å². The Balaban J connectivity index is 2.07. The predicted octanol–water partition coefficient (Wildman–Crippen LogP) is 1.97. The number of hydrogen-bond donors (Lipinski definition) is 1. The Morgan fingerprint density at radius 3 is 2.78 bits per heavy atom. The summed E-state index contributed by atoms with van der Waals surface area (Å²) in [4.78, 5) is 14.2. The molecule has 1 saturated heterocycles. The van der Waals surface area contributed by atoms with Gasteiger partial charge in [-0.1, -0.05) is 12.1 Å². The summed E-state index contributed by atoms with van der Waals surface area (Å²) >= 11 is 0. The molecule has 2 amide bonds. The Bertz CT molecular complexity index is 660. The van der Waals surface area contributed by atoms with Crippen LogP contribution in [0.1, 0.15) is 31.9 Å². The lowest BCUT2D eigenvalue weighted by Gasteiger charge is -2.30. The molecule has 0 saturated carbocycles. The first-order chi connectivity index (χ1) is 10.9. The highest BCUT2D eigenvalue weighted by Gasteiger charge is 2.31. The molecule has 1 aromatic rings. The maximum atomic E-state index is 12.5. The zero-order chi connectivity index (χ0) is 17.0. The van der Waals surface area contributed by atoms with Crippen molar-refractivity contribution in [1.82, 2.24) is 10.2 Å². The fourth-order valence-electron chi connectivity index (χ4n) is 2.84. The number of urea groups is 1. The number of carbonyl (C=O) groups is 1. The summed E-state index contributed by atoms with van der Waals surface area (Å²) in [5.41, 5.74) is 0.973. The maximum absolute atomic E-state index is 12.5. The van der Waals surface area contributed by atoms with E-state index >= 15 is 0 Å². The second-order valence-corrected chi connectivity index (χ2v) is 8.02. The molecule has 2 unspecified atom stereocenters. The molecule has 0 radical (unpaired) electrons. The molecule has 0 aromatic heterocycles. The van der Waals surface area contributed by atoms with E-state index in [4.69, 9.17) is 4.74 Å². The molecular weight excluding hydrogens is 316 g/mol. The number of nitrogens with one attached hydrogen (secondary N) is 1. The van der Waals surface area contributed by atoms with Gasteiger partial charge < -0.3 is 15.0 Å². The highest BCUT2D eigenvalue weighted by atomic mass is 32.2. The van der Waals surface area contributed by atoms with E-state index < -0.39 is 9.84 Å². The zero-order valence-corrected chi connectivity index (χ0v) is 14.6. The maximum Gasteiger partial charge on any atom is 0.318 e. The molecule has 0 spiro atoms. The first-order valence-electron chi connectivity index (χ1n) is 7.77. The highest BCUT2D eigenvalue weighted by Crippen LogP contribution is 2.24. The van der Waals surface area contributed by atoms with Crippen LogP contribution in [-0.2, 0) is 9.84 Å². The number of hydrogen-bond acceptors (Lipinski definition) is 4. The van der Waals surface area contributed by atoms with Crippen molar-refractivity contribution in [2.75, 3.05) is 25.2 Å². The van der Waals surface area contributed by atoms with Crippen LogP contribution in [0.5, 0.6) is 5.75 Å². The molecule has 1 fully saturated rings. The summed E-state index contributed by atoms with van der Waals surface area (Å²) in [6.45, 7) is 4.38. The van der Waals surface area contributed by atoms with Gasteiger partial charge >= 0.3 is 6.03 Å². The van der Waals surface area contributed by atoms with Gasteiger partial charge in [0.25, 0.3) is 0 Å². The van der Waals surface area contributed by atoms with Gasteiger partial charge in [0.1, 0.15) is 5.75 Å². The fraction of sp³-hybridized carbons (Fsp3) is 0.562. The van der Waals surface area contributed by atoms with Crippen LogP contribution < -0.4 is 10.1 Å². The zero-order valence-electron chi connectivity index (χ0n) is 13.8. The number of sulfone groups is 1. The third kappa shape index (κ3) is 4.37. The third-order valence-electron chi connectivity index (χ3n) is 4.21. The normalized spacial score (nSPS) is 20.7. The van der Waals surface area contributed by atoms with Gasteiger partial charge in [-0.05, 0) is 38.0 Å². The van der Waals surface area contributed by atoms with Gasteiger partial charge in [-0.25, -0.2) is 13.2 Å². The van der Waals surface area contributed by atoms with E-state index in [1.807, 2.05) is 38.1 Å². The number of carbonyl (C=O) groups excluding carboxylic acids is 1. The van der Waals surface area contributed by atoms with Crippen molar-refractivity contribution in [1.29, 1.82) is 0 Å². The molecule has 6 nitrogen and oxygen atoms in total. The Morgan fingerprint density at radius 1 is 1.48 bits per heavy atom. The molecule has 1 aromatic carbocycles. The van der Waals surface area contributed by atoms with E-state index in [1.54, 1.807) is 12.0 Å². The van der Waals surface area contributed by atoms with Crippen LogP contribution >= 0.6 is 0 Å². The third-order valence-corrected chi connectivity index (χ3v) is 5.97. The number of benzene rings is 1. The Hall–Kier alpha value is -1.76. The van der Waals surface area contributed by atoms with Crippen molar-refractivity contribution in [3.8, 4) is 5.75 Å². The number of nitrogens with zero attached hydrogens (tertiary/aromatic N) is 1. The Labute approximate surface area is 137 Å². The molecule has 1 N–H and O–H groups in total. The van der Waals surface area contributed by atoms with Gasteiger partial charge in [-0.15, -0.1) is 0 Å². The Kier molecular flexibility index (Phi) is 5.51. The summed E-state index contributed by atoms with van der Waals surface area (Å²) in [5.74, 6) is 0.923. The van der Waals surface area contributed by atoms with E-state index in [2.05, 4.69) is 5.32 Å². The van der Waals surface area contributed by atoms with Crippen LogP contribution in [0.3, 0.4) is 0 Å². The molecule has 2 atom stereocenters. The standard InChI is InChI=1S/C16H24N2O4S/c1-4-18(12(2)13-6-5-7-15(10-13)22-3)16(19)17-14-8-9-23(20,21)11-14/h5-7,10,12,14H,4,8-9,11H2,1-3H3,(H,17,19). The second kappa shape index (κ2) is 7.21. The molecule has 0 aliphatic carbocycles. The molecule has 7 heteroatoms. The van der Waals surface area contributed by atoms with Crippen molar-refractivity contribution < 1.29 is 17.9 Å². The van der Waals surface area contributed by atoms with Crippen molar-refractivity contribution >= 4 is 15.9 Å². The molecule has 0 bridgehead atoms. The topological polar surface area (TPSA) is 75.7 Å². The lowest BCUT2D eigenvalue weighted by Crippen LogP contribution is -2.46. The van der Waals surface area contributed by atoms with Crippen molar-refractivity contribution in [3.63, 3.8) is 0 Å². The molecule has 128 valence electrons. The minimum absolute atomic E-state index is 0.0316. The SMILES string of the molecule is CCN(C(=O)NC1CCS(=O)(=O)C1)C(C)c1cccc(OC)c1. The van der Waals surface area contributed by atoms with Gasteiger partial charge in [0, 0.05) is 12.6 Å². The lowest BCUT2D eigenvalue weighted by molar-refractivity contribution is 0.180. The van der Waals surface area contributed by atoms with Crippen LogP contribution in [0.4, 0.5) is 4.79 Å². The van der Waals surface area contributed by atoms with Gasteiger partial charge in [0.2, 0.25) is 0 Å². The second-order valence-electron chi connectivity index (χ2n) is 5.79. The van der Waals surface area contributed by atoms with Gasteiger partial charge in [0.15, 0.2) is 9.84 Å². The number of ether oxygens (including phenoxy) is 1. The number of rotatable bonds is 5. The summed E-state index contributed by atoms with van der Waals surface area (Å²) < 4.78 is 28.2. The van der Waals surface area contributed by atoms with Crippen LogP contribution in [0.25, 0.3) is 0 Å². The molecule has 1 aliphatic heterocycles. The molecule has 1 heterocycles. The molecule has 2 rings (SSSR count). The van der Waals surface area contributed by atoms with Gasteiger partial charge in [-0.3, -0.25) is 0 Å².